The van der Waals surface area contributed by atoms with E-state index in [4.69, 9.17) is 4.42 Å². The molecule has 0 bridgehead atoms. The molecule has 0 aromatic carbocycles. The van der Waals surface area contributed by atoms with Gasteiger partial charge in [-0.2, -0.15) is 0 Å². The summed E-state index contributed by atoms with van der Waals surface area (Å²) in [6.45, 7) is 0. The van der Waals surface area contributed by atoms with Crippen LogP contribution in [0.3, 0.4) is 0 Å². The molecule has 1 aliphatic rings. The van der Waals surface area contributed by atoms with E-state index in [0.717, 1.165) is 18.4 Å². The van der Waals surface area contributed by atoms with Gasteiger partial charge in [0.2, 0.25) is 11.8 Å². The number of rotatable bonds is 5. The Morgan fingerprint density at radius 3 is 3.00 bits per heavy atom. The lowest BCUT2D eigenvalue weighted by Crippen LogP contribution is -2.33. The minimum Gasteiger partial charge on any atom is -0.411 e. The highest BCUT2D eigenvalue weighted by molar-refractivity contribution is 7.99. The van der Waals surface area contributed by atoms with Gasteiger partial charge >= 0.3 is 0 Å². The molecule has 0 saturated heterocycles. The van der Waals surface area contributed by atoms with Crippen LogP contribution in [0.1, 0.15) is 25.7 Å². The molecule has 1 amide bonds. The molecule has 0 unspecified atom stereocenters. The van der Waals surface area contributed by atoms with Gasteiger partial charge in [-0.15, -0.1) is 10.2 Å². The molecule has 0 aliphatic heterocycles. The minimum atomic E-state index is 0.0213. The summed E-state index contributed by atoms with van der Waals surface area (Å²) in [4.78, 5) is 15.8. The zero-order chi connectivity index (χ0) is 14.5. The molecule has 2 aromatic rings. The second-order valence-corrected chi connectivity index (χ2v) is 5.88. The van der Waals surface area contributed by atoms with Gasteiger partial charge < -0.3 is 9.73 Å². The molecule has 1 aliphatic carbocycles. The first-order valence-electron chi connectivity index (χ1n) is 6.97. The van der Waals surface area contributed by atoms with Crippen LogP contribution >= 0.6 is 11.8 Å². The standard InChI is InChI=1S/C14H16N4O2S/c19-12(16-11-5-1-2-6-11)9-21-14-18-17-13(20-14)10-4-3-7-15-8-10/h3-4,7-8,11H,1-2,5-6,9H2,(H,16,19). The van der Waals surface area contributed by atoms with Crippen molar-refractivity contribution >= 4 is 17.7 Å². The fourth-order valence-corrected chi connectivity index (χ4v) is 2.92. The van der Waals surface area contributed by atoms with Crippen LogP contribution in [0, 0.1) is 0 Å². The first-order chi connectivity index (χ1) is 10.3. The maximum Gasteiger partial charge on any atom is 0.277 e. The van der Waals surface area contributed by atoms with Gasteiger partial charge in [-0.25, -0.2) is 0 Å². The van der Waals surface area contributed by atoms with Gasteiger partial charge in [0.1, 0.15) is 0 Å². The van der Waals surface area contributed by atoms with Gasteiger partial charge in [-0.1, -0.05) is 24.6 Å². The Bertz CT molecular complexity index is 596. The second kappa shape index (κ2) is 6.71. The number of aromatic nitrogens is 3. The van der Waals surface area contributed by atoms with Gasteiger partial charge in [-0.3, -0.25) is 9.78 Å². The van der Waals surface area contributed by atoms with Crippen LogP contribution < -0.4 is 5.32 Å². The highest BCUT2D eigenvalue weighted by atomic mass is 32.2. The van der Waals surface area contributed by atoms with E-state index in [2.05, 4.69) is 20.5 Å². The molecule has 21 heavy (non-hydrogen) atoms. The molecule has 6 nitrogen and oxygen atoms in total. The Balaban J connectivity index is 1.51. The normalized spacial score (nSPS) is 15.2. The fourth-order valence-electron chi connectivity index (χ4n) is 2.34. The van der Waals surface area contributed by atoms with Crippen LogP contribution in [0.2, 0.25) is 0 Å². The average Bonchev–Trinajstić information content (AvgIpc) is 3.17. The lowest BCUT2D eigenvalue weighted by Gasteiger charge is -2.10. The Morgan fingerprint density at radius 2 is 2.24 bits per heavy atom. The van der Waals surface area contributed by atoms with E-state index < -0.39 is 0 Å². The maximum atomic E-state index is 11.8. The number of pyridine rings is 1. The summed E-state index contributed by atoms with van der Waals surface area (Å²) in [5.74, 6) is 0.736. The van der Waals surface area contributed by atoms with E-state index in [1.54, 1.807) is 18.5 Å². The van der Waals surface area contributed by atoms with E-state index in [1.807, 2.05) is 6.07 Å². The largest absolute Gasteiger partial charge is 0.411 e. The van der Waals surface area contributed by atoms with Gasteiger partial charge in [0.15, 0.2) is 0 Å². The second-order valence-electron chi connectivity index (χ2n) is 4.95. The van der Waals surface area contributed by atoms with Crippen molar-refractivity contribution in [3.05, 3.63) is 24.5 Å². The first-order valence-corrected chi connectivity index (χ1v) is 7.96. The third-order valence-corrected chi connectivity index (χ3v) is 4.18. The molecule has 3 rings (SSSR count). The molecule has 0 atom stereocenters. The van der Waals surface area contributed by atoms with Crippen molar-refractivity contribution in [2.75, 3.05) is 5.75 Å². The molecular formula is C14H16N4O2S. The van der Waals surface area contributed by atoms with E-state index in [9.17, 15) is 4.79 Å². The Labute approximate surface area is 126 Å². The maximum absolute atomic E-state index is 11.8. The SMILES string of the molecule is O=C(CSc1nnc(-c2cccnc2)o1)NC1CCCC1. The highest BCUT2D eigenvalue weighted by Crippen LogP contribution is 2.22. The summed E-state index contributed by atoms with van der Waals surface area (Å²) in [6, 6.07) is 4.00. The lowest BCUT2D eigenvalue weighted by molar-refractivity contribution is -0.119. The lowest BCUT2D eigenvalue weighted by atomic mass is 10.2. The zero-order valence-electron chi connectivity index (χ0n) is 11.5. The van der Waals surface area contributed by atoms with Crippen LogP contribution in [0.15, 0.2) is 34.2 Å². The highest BCUT2D eigenvalue weighted by Gasteiger charge is 2.18. The minimum absolute atomic E-state index is 0.0213. The van der Waals surface area contributed by atoms with E-state index >= 15 is 0 Å². The summed E-state index contributed by atoms with van der Waals surface area (Å²) in [5, 5.41) is 11.3. The summed E-state index contributed by atoms with van der Waals surface area (Å²) in [6.07, 6.45) is 7.92. The van der Waals surface area contributed by atoms with Crippen molar-refractivity contribution in [1.82, 2.24) is 20.5 Å². The van der Waals surface area contributed by atoms with Crippen LogP contribution in [0.4, 0.5) is 0 Å². The van der Waals surface area contributed by atoms with Crippen molar-refractivity contribution in [3.63, 3.8) is 0 Å². The van der Waals surface area contributed by atoms with E-state index in [1.165, 1.54) is 24.6 Å². The molecule has 2 aromatic heterocycles. The smallest absolute Gasteiger partial charge is 0.277 e. The average molecular weight is 304 g/mol. The van der Waals surface area contributed by atoms with Gasteiger partial charge in [0.05, 0.1) is 11.3 Å². The number of hydrogen-bond acceptors (Lipinski definition) is 6. The molecule has 0 spiro atoms. The zero-order valence-corrected chi connectivity index (χ0v) is 12.3. The van der Waals surface area contributed by atoms with E-state index in [-0.39, 0.29) is 5.91 Å². The predicted octanol–water partition coefficient (Wildman–Crippen LogP) is 2.28. The molecular weight excluding hydrogens is 288 g/mol. The van der Waals surface area contributed by atoms with Crippen molar-refractivity contribution in [2.24, 2.45) is 0 Å². The molecule has 2 heterocycles. The third kappa shape index (κ3) is 3.81. The van der Waals surface area contributed by atoms with Crippen LogP contribution in [0.5, 0.6) is 0 Å². The molecule has 1 N–H and O–H groups in total. The number of carbonyl (C=O) groups excluding carboxylic acids is 1. The summed E-state index contributed by atoms with van der Waals surface area (Å²) >= 11 is 1.25. The fraction of sp³-hybridized carbons (Fsp3) is 0.429. The number of nitrogens with one attached hydrogen (secondary N) is 1. The van der Waals surface area contributed by atoms with E-state index in [0.29, 0.717) is 22.9 Å². The summed E-state index contributed by atoms with van der Waals surface area (Å²) < 4.78 is 5.51. The first kappa shape index (κ1) is 14.1. The molecule has 7 heteroatoms. The van der Waals surface area contributed by atoms with Crippen LogP contribution in [-0.4, -0.2) is 32.9 Å². The van der Waals surface area contributed by atoms with Crippen molar-refractivity contribution < 1.29 is 9.21 Å². The monoisotopic (exact) mass is 304 g/mol. The Kier molecular flexibility index (Phi) is 4.49. The van der Waals surface area contributed by atoms with Gasteiger partial charge in [0, 0.05) is 18.4 Å². The summed E-state index contributed by atoms with van der Waals surface area (Å²) in [5.41, 5.74) is 0.771. The number of hydrogen-bond donors (Lipinski definition) is 1. The van der Waals surface area contributed by atoms with Gasteiger partial charge in [0.25, 0.3) is 5.22 Å². The summed E-state index contributed by atoms with van der Waals surface area (Å²) in [7, 11) is 0. The van der Waals surface area contributed by atoms with Crippen molar-refractivity contribution in [1.29, 1.82) is 0 Å². The Morgan fingerprint density at radius 1 is 1.38 bits per heavy atom. The van der Waals surface area contributed by atoms with Crippen LogP contribution in [0.25, 0.3) is 11.5 Å². The number of amides is 1. The quantitative estimate of drug-likeness (QED) is 0.854. The molecule has 0 radical (unpaired) electrons. The topological polar surface area (TPSA) is 80.9 Å². The van der Waals surface area contributed by atoms with Crippen LogP contribution in [-0.2, 0) is 4.79 Å². The number of thioether (sulfide) groups is 1. The molecule has 1 saturated carbocycles. The third-order valence-electron chi connectivity index (χ3n) is 3.36. The van der Waals surface area contributed by atoms with Gasteiger partial charge in [-0.05, 0) is 25.0 Å². The number of nitrogens with zero attached hydrogens (tertiary/aromatic N) is 3. The van der Waals surface area contributed by atoms with Crippen molar-refractivity contribution in [2.45, 2.75) is 36.9 Å². The Hall–Kier alpha value is -1.89. The molecule has 110 valence electrons. The number of carbonyl (C=O) groups is 1. The van der Waals surface area contributed by atoms with Crippen molar-refractivity contribution in [3.8, 4) is 11.5 Å². The predicted molar refractivity (Wildman–Crippen MR) is 78.7 cm³/mol. The molecule has 1 fully saturated rings.